The van der Waals surface area contributed by atoms with Crippen LogP contribution in [0.1, 0.15) is 12.8 Å². The van der Waals surface area contributed by atoms with E-state index in [9.17, 15) is 0 Å². The third kappa shape index (κ3) is 2.53. The molecule has 0 bridgehead atoms. The highest BCUT2D eigenvalue weighted by molar-refractivity contribution is 5.62. The summed E-state index contributed by atoms with van der Waals surface area (Å²) >= 11 is 0. The van der Waals surface area contributed by atoms with Crippen molar-refractivity contribution in [1.29, 1.82) is 0 Å². The maximum absolute atomic E-state index is 5.23. The molecule has 0 amide bonds. The summed E-state index contributed by atoms with van der Waals surface area (Å²) in [4.78, 5) is 9.15. The van der Waals surface area contributed by atoms with E-state index in [-0.39, 0.29) is 0 Å². The first kappa shape index (κ1) is 12.9. The number of fused-ring (bicyclic) bond motifs is 1. The molecule has 2 aromatic heterocycles. The van der Waals surface area contributed by atoms with Gasteiger partial charge in [-0.2, -0.15) is 4.98 Å². The molecule has 0 unspecified atom stereocenters. The van der Waals surface area contributed by atoms with Crippen LogP contribution in [0, 0.1) is 0 Å². The topological polar surface area (TPSA) is 51.5 Å². The Balaban J connectivity index is 1.64. The number of hydrogen-bond donors (Lipinski definition) is 1. The van der Waals surface area contributed by atoms with Gasteiger partial charge in [-0.25, -0.2) is 4.98 Å². The minimum atomic E-state index is 0.585. The molecule has 5 heteroatoms. The highest BCUT2D eigenvalue weighted by Crippen LogP contribution is 2.25. The first-order chi connectivity index (χ1) is 10.8. The second kappa shape index (κ2) is 5.18. The summed E-state index contributed by atoms with van der Waals surface area (Å²) in [5, 5.41) is 3.39. The smallest absolute Gasteiger partial charge is 0.236 e. The van der Waals surface area contributed by atoms with E-state index in [1.54, 1.807) is 0 Å². The van der Waals surface area contributed by atoms with Gasteiger partial charge in [0.05, 0.1) is 12.0 Å². The third-order valence-corrected chi connectivity index (χ3v) is 3.63. The molecule has 1 aromatic carbocycles. The molecule has 0 aliphatic heterocycles. The average molecular weight is 292 g/mol. The fourth-order valence-corrected chi connectivity index (χ4v) is 2.33. The fraction of sp³-hybridized carbons (Fsp3) is 0.176. The van der Waals surface area contributed by atoms with Gasteiger partial charge in [0.25, 0.3) is 0 Å². The Morgan fingerprint density at radius 2 is 2.00 bits per heavy atom. The van der Waals surface area contributed by atoms with Crippen molar-refractivity contribution in [3.05, 3.63) is 55.6 Å². The molecule has 5 nitrogen and oxygen atoms in total. The van der Waals surface area contributed by atoms with Crippen LogP contribution in [0.4, 0.5) is 5.82 Å². The predicted octanol–water partition coefficient (Wildman–Crippen LogP) is 3.49. The van der Waals surface area contributed by atoms with E-state index in [2.05, 4.69) is 21.9 Å². The molecule has 1 saturated carbocycles. The van der Waals surface area contributed by atoms with E-state index >= 15 is 0 Å². The van der Waals surface area contributed by atoms with E-state index < -0.39 is 0 Å². The molecule has 0 radical (unpaired) electrons. The molecular formula is C17H16N4O. The van der Waals surface area contributed by atoms with Gasteiger partial charge in [0.15, 0.2) is 0 Å². The van der Waals surface area contributed by atoms with E-state index in [1.807, 2.05) is 47.1 Å². The lowest BCUT2D eigenvalue weighted by Gasteiger charge is -2.02. The van der Waals surface area contributed by atoms with Gasteiger partial charge in [-0.1, -0.05) is 6.58 Å². The zero-order valence-corrected chi connectivity index (χ0v) is 12.1. The number of rotatable bonds is 5. The van der Waals surface area contributed by atoms with Crippen molar-refractivity contribution >= 4 is 11.6 Å². The zero-order chi connectivity index (χ0) is 14.9. The van der Waals surface area contributed by atoms with Crippen LogP contribution in [-0.2, 0) is 0 Å². The molecule has 0 atom stereocenters. The summed E-state index contributed by atoms with van der Waals surface area (Å²) in [6.45, 7) is 3.55. The summed E-state index contributed by atoms with van der Waals surface area (Å²) < 4.78 is 7.16. The van der Waals surface area contributed by atoms with E-state index in [0.29, 0.717) is 11.8 Å². The van der Waals surface area contributed by atoms with E-state index in [0.717, 1.165) is 22.8 Å². The van der Waals surface area contributed by atoms with Crippen LogP contribution in [0.5, 0.6) is 5.75 Å². The largest absolute Gasteiger partial charge is 0.466 e. The normalized spacial score (nSPS) is 14.0. The van der Waals surface area contributed by atoms with Crippen molar-refractivity contribution in [3.63, 3.8) is 0 Å². The second-order valence-corrected chi connectivity index (χ2v) is 5.37. The molecule has 1 aliphatic carbocycles. The lowest BCUT2D eigenvalue weighted by atomic mass is 10.2. The van der Waals surface area contributed by atoms with Crippen LogP contribution < -0.4 is 10.1 Å². The lowest BCUT2D eigenvalue weighted by Crippen LogP contribution is -2.03. The van der Waals surface area contributed by atoms with Gasteiger partial charge in [0.1, 0.15) is 11.6 Å². The second-order valence-electron chi connectivity index (χ2n) is 5.37. The van der Waals surface area contributed by atoms with E-state index in [4.69, 9.17) is 4.74 Å². The summed E-state index contributed by atoms with van der Waals surface area (Å²) in [6, 6.07) is 10.3. The van der Waals surface area contributed by atoms with Crippen molar-refractivity contribution < 1.29 is 4.74 Å². The molecule has 1 fully saturated rings. The number of benzene rings is 1. The molecule has 3 aromatic rings. The minimum absolute atomic E-state index is 0.585. The third-order valence-electron chi connectivity index (χ3n) is 3.63. The molecular weight excluding hydrogens is 276 g/mol. The molecule has 0 saturated heterocycles. The standard InChI is InChI=1S/C17H16N4O/c1-2-22-14-7-3-12(4-8-14)15-11-21-10-9-16(18-13-5-6-13)20-17(21)19-15/h2-4,7-11,13H,1,5-6H2,(H,18,19,20). The van der Waals surface area contributed by atoms with Crippen molar-refractivity contribution in [3.8, 4) is 17.0 Å². The van der Waals surface area contributed by atoms with Gasteiger partial charge in [0, 0.05) is 24.0 Å². The number of hydrogen-bond acceptors (Lipinski definition) is 4. The SMILES string of the molecule is C=COc1ccc(-c2cn3ccc(NC4CC4)nc3n2)cc1. The van der Waals surface area contributed by atoms with Crippen LogP contribution in [0.3, 0.4) is 0 Å². The highest BCUT2D eigenvalue weighted by atomic mass is 16.5. The minimum Gasteiger partial charge on any atom is -0.466 e. The quantitative estimate of drug-likeness (QED) is 0.731. The van der Waals surface area contributed by atoms with Crippen molar-refractivity contribution in [2.75, 3.05) is 5.32 Å². The van der Waals surface area contributed by atoms with Crippen LogP contribution in [0.15, 0.2) is 55.6 Å². The summed E-state index contributed by atoms with van der Waals surface area (Å²) in [5.74, 6) is 2.35. The molecule has 110 valence electrons. The Kier molecular flexibility index (Phi) is 3.04. The first-order valence-corrected chi connectivity index (χ1v) is 7.32. The maximum atomic E-state index is 5.23. The Labute approximate surface area is 128 Å². The Hall–Kier alpha value is -2.82. The van der Waals surface area contributed by atoms with Gasteiger partial charge in [-0.15, -0.1) is 0 Å². The predicted molar refractivity (Wildman–Crippen MR) is 85.9 cm³/mol. The number of ether oxygens (including phenoxy) is 1. The molecule has 1 aliphatic rings. The van der Waals surface area contributed by atoms with Gasteiger partial charge >= 0.3 is 0 Å². The zero-order valence-electron chi connectivity index (χ0n) is 12.1. The Morgan fingerprint density at radius 3 is 2.73 bits per heavy atom. The molecule has 2 heterocycles. The van der Waals surface area contributed by atoms with Crippen LogP contribution >= 0.6 is 0 Å². The highest BCUT2D eigenvalue weighted by Gasteiger charge is 2.21. The lowest BCUT2D eigenvalue weighted by molar-refractivity contribution is 0.483. The van der Waals surface area contributed by atoms with Gasteiger partial charge in [-0.3, -0.25) is 4.40 Å². The van der Waals surface area contributed by atoms with E-state index in [1.165, 1.54) is 19.1 Å². The average Bonchev–Trinajstić information content (AvgIpc) is 3.24. The van der Waals surface area contributed by atoms with Crippen LogP contribution in [0.25, 0.3) is 17.0 Å². The van der Waals surface area contributed by atoms with Gasteiger partial charge in [-0.05, 0) is 43.2 Å². The monoisotopic (exact) mass is 292 g/mol. The van der Waals surface area contributed by atoms with Crippen LogP contribution in [-0.4, -0.2) is 20.4 Å². The van der Waals surface area contributed by atoms with Crippen molar-refractivity contribution in [1.82, 2.24) is 14.4 Å². The maximum Gasteiger partial charge on any atom is 0.236 e. The Morgan fingerprint density at radius 1 is 1.18 bits per heavy atom. The van der Waals surface area contributed by atoms with Crippen molar-refractivity contribution in [2.45, 2.75) is 18.9 Å². The van der Waals surface area contributed by atoms with Crippen LogP contribution in [0.2, 0.25) is 0 Å². The van der Waals surface area contributed by atoms with Gasteiger partial charge in [0.2, 0.25) is 5.78 Å². The number of anilines is 1. The number of nitrogens with zero attached hydrogens (tertiary/aromatic N) is 3. The number of imidazole rings is 1. The summed E-state index contributed by atoms with van der Waals surface area (Å²) in [5.41, 5.74) is 1.92. The summed E-state index contributed by atoms with van der Waals surface area (Å²) in [6.07, 6.45) is 7.83. The fourth-order valence-electron chi connectivity index (χ4n) is 2.33. The first-order valence-electron chi connectivity index (χ1n) is 7.32. The Bertz CT molecular complexity index is 818. The molecule has 1 N–H and O–H groups in total. The molecule has 22 heavy (non-hydrogen) atoms. The number of aromatic nitrogens is 3. The van der Waals surface area contributed by atoms with Gasteiger partial charge < -0.3 is 10.1 Å². The van der Waals surface area contributed by atoms with Crippen molar-refractivity contribution in [2.24, 2.45) is 0 Å². The number of nitrogens with one attached hydrogen (secondary N) is 1. The molecule has 0 spiro atoms. The summed E-state index contributed by atoms with van der Waals surface area (Å²) in [7, 11) is 0. The molecule has 4 rings (SSSR count).